The Kier molecular flexibility index (Phi) is 7.21. The van der Waals surface area contributed by atoms with E-state index in [1.807, 2.05) is 30.9 Å². The number of rotatable bonds is 7. The lowest BCUT2D eigenvalue weighted by Gasteiger charge is -2.47. The summed E-state index contributed by atoms with van der Waals surface area (Å²) in [6, 6.07) is -0.412. The Bertz CT molecular complexity index is 689. The predicted octanol–water partition coefficient (Wildman–Crippen LogP) is 4.51. The highest BCUT2D eigenvalue weighted by Crippen LogP contribution is 2.40. The molecule has 2 fully saturated rings. The monoisotopic (exact) mass is 420 g/mol. The fourth-order valence-corrected chi connectivity index (χ4v) is 4.88. The average molecular weight is 421 g/mol. The van der Waals surface area contributed by atoms with Gasteiger partial charge in [0.15, 0.2) is 8.32 Å². The highest BCUT2D eigenvalue weighted by atomic mass is 28.4. The molecule has 0 aliphatic carbocycles. The summed E-state index contributed by atoms with van der Waals surface area (Å²) in [5.41, 5.74) is 0.510. The van der Waals surface area contributed by atoms with E-state index in [1.54, 1.807) is 11.9 Å². The molecular weight excluding hydrogens is 380 g/mol. The van der Waals surface area contributed by atoms with Crippen molar-refractivity contribution < 1.29 is 14.0 Å². The first kappa shape index (κ1) is 23.9. The maximum atomic E-state index is 13.3. The molecule has 2 heterocycles. The maximum absolute atomic E-state index is 13.3. The summed E-state index contributed by atoms with van der Waals surface area (Å²) >= 11 is 0. The highest BCUT2D eigenvalue weighted by Gasteiger charge is 2.56. The Morgan fingerprint density at radius 1 is 1.24 bits per heavy atom. The molecule has 29 heavy (non-hydrogen) atoms. The molecule has 5 nitrogen and oxygen atoms in total. The minimum absolute atomic E-state index is 0.0849. The van der Waals surface area contributed by atoms with Gasteiger partial charge in [0, 0.05) is 13.6 Å². The SMILES string of the molecule is CC(C)=CC[C@@]12CCCN1C(=O)[C@H](C/C=C\CO[Si](C)(C)C(C)(C)C)N(C)C2=O. The highest BCUT2D eigenvalue weighted by molar-refractivity contribution is 6.74. The van der Waals surface area contributed by atoms with Crippen LogP contribution in [0.15, 0.2) is 23.8 Å². The van der Waals surface area contributed by atoms with E-state index in [1.165, 1.54) is 5.57 Å². The lowest BCUT2D eigenvalue weighted by atomic mass is 9.85. The Labute approximate surface area is 178 Å². The number of carbonyl (C=O) groups excluding carboxylic acids is 2. The van der Waals surface area contributed by atoms with Gasteiger partial charge >= 0.3 is 0 Å². The van der Waals surface area contributed by atoms with Crippen molar-refractivity contribution in [1.29, 1.82) is 0 Å². The second-order valence-electron chi connectivity index (χ2n) is 10.3. The molecule has 0 bridgehead atoms. The zero-order chi connectivity index (χ0) is 22.0. The van der Waals surface area contributed by atoms with Crippen molar-refractivity contribution in [3.63, 3.8) is 0 Å². The summed E-state index contributed by atoms with van der Waals surface area (Å²) in [4.78, 5) is 30.1. The molecule has 0 aromatic carbocycles. The summed E-state index contributed by atoms with van der Waals surface area (Å²) in [6.07, 6.45) is 8.90. The van der Waals surface area contributed by atoms with Crippen LogP contribution in [0.2, 0.25) is 18.1 Å². The van der Waals surface area contributed by atoms with Crippen molar-refractivity contribution in [1.82, 2.24) is 9.80 Å². The van der Waals surface area contributed by atoms with Crippen molar-refractivity contribution in [2.75, 3.05) is 20.2 Å². The second-order valence-corrected chi connectivity index (χ2v) is 15.1. The van der Waals surface area contributed by atoms with Gasteiger partial charge in [-0.2, -0.15) is 0 Å². The fraction of sp³-hybridized carbons (Fsp3) is 0.739. The van der Waals surface area contributed by atoms with Crippen LogP contribution < -0.4 is 0 Å². The number of likely N-dealkylation sites (N-methyl/N-ethyl adjacent to an activating group) is 1. The van der Waals surface area contributed by atoms with Crippen LogP contribution in [0.4, 0.5) is 0 Å². The van der Waals surface area contributed by atoms with Crippen LogP contribution in [-0.2, 0) is 14.0 Å². The molecule has 2 saturated heterocycles. The first-order chi connectivity index (χ1) is 13.3. The van der Waals surface area contributed by atoms with Gasteiger partial charge in [-0.15, -0.1) is 0 Å². The number of allylic oxidation sites excluding steroid dienone is 1. The number of hydrogen-bond donors (Lipinski definition) is 0. The van der Waals surface area contributed by atoms with Crippen molar-refractivity contribution in [2.45, 2.75) is 90.0 Å². The number of amides is 2. The fourth-order valence-electron chi connectivity index (χ4n) is 3.94. The van der Waals surface area contributed by atoms with Gasteiger partial charge in [0.25, 0.3) is 0 Å². The van der Waals surface area contributed by atoms with Crippen LogP contribution >= 0.6 is 0 Å². The molecule has 0 saturated carbocycles. The Morgan fingerprint density at radius 2 is 1.90 bits per heavy atom. The van der Waals surface area contributed by atoms with Gasteiger partial charge in [0.05, 0.1) is 6.61 Å². The van der Waals surface area contributed by atoms with Gasteiger partial charge in [-0.05, 0) is 57.7 Å². The zero-order valence-electron chi connectivity index (χ0n) is 19.7. The Hall–Kier alpha value is -1.40. The number of piperazine rings is 1. The van der Waals surface area contributed by atoms with E-state index >= 15 is 0 Å². The Balaban J connectivity index is 2.04. The normalized spacial score (nSPS) is 25.7. The summed E-state index contributed by atoms with van der Waals surface area (Å²) in [5, 5.41) is 0.178. The third-order valence-electron chi connectivity index (χ3n) is 6.95. The van der Waals surface area contributed by atoms with Crippen LogP contribution in [0.1, 0.15) is 60.3 Å². The third kappa shape index (κ3) is 4.85. The largest absolute Gasteiger partial charge is 0.413 e. The summed E-state index contributed by atoms with van der Waals surface area (Å²) in [7, 11) is 0.00754. The van der Waals surface area contributed by atoms with Gasteiger partial charge in [-0.1, -0.05) is 44.6 Å². The number of nitrogens with zero attached hydrogens (tertiary/aromatic N) is 2. The van der Waals surface area contributed by atoms with Gasteiger partial charge in [0.2, 0.25) is 11.8 Å². The summed E-state index contributed by atoms with van der Waals surface area (Å²) < 4.78 is 6.17. The van der Waals surface area contributed by atoms with Crippen molar-refractivity contribution in [3.05, 3.63) is 23.8 Å². The zero-order valence-corrected chi connectivity index (χ0v) is 20.7. The van der Waals surface area contributed by atoms with Crippen molar-refractivity contribution >= 4 is 20.1 Å². The minimum Gasteiger partial charge on any atom is -0.413 e. The minimum atomic E-state index is -1.77. The predicted molar refractivity (Wildman–Crippen MR) is 121 cm³/mol. The van der Waals surface area contributed by atoms with Gasteiger partial charge in [-0.25, -0.2) is 0 Å². The maximum Gasteiger partial charge on any atom is 0.249 e. The molecular formula is C23H40N2O3Si. The molecule has 0 radical (unpaired) electrons. The average Bonchev–Trinajstić information content (AvgIpc) is 3.05. The van der Waals surface area contributed by atoms with Crippen LogP contribution in [0, 0.1) is 0 Å². The summed E-state index contributed by atoms with van der Waals surface area (Å²) in [6.45, 7) is 16.5. The first-order valence-corrected chi connectivity index (χ1v) is 13.8. The molecule has 2 aliphatic rings. The van der Waals surface area contributed by atoms with Crippen molar-refractivity contribution in [3.8, 4) is 0 Å². The van der Waals surface area contributed by atoms with Gasteiger partial charge in [0.1, 0.15) is 11.6 Å². The van der Waals surface area contributed by atoms with E-state index in [0.717, 1.165) is 12.8 Å². The standard InChI is InChI=1S/C23H40N2O3Si/c1-18(2)13-15-23-14-11-16-25(23)20(26)19(24(6)21(23)27)12-9-10-17-28-29(7,8)22(3,4)5/h9-10,13,19H,11-12,14-17H2,1-8H3/b10-9-/t19-,23+/m0/s1. The van der Waals surface area contributed by atoms with Gasteiger partial charge in [-0.3, -0.25) is 9.59 Å². The molecule has 6 heteroatoms. The van der Waals surface area contributed by atoms with E-state index < -0.39 is 19.9 Å². The van der Waals surface area contributed by atoms with E-state index in [-0.39, 0.29) is 16.9 Å². The molecule has 0 N–H and O–H groups in total. The van der Waals surface area contributed by atoms with E-state index in [2.05, 4.69) is 39.9 Å². The van der Waals surface area contributed by atoms with Crippen LogP contribution in [0.25, 0.3) is 0 Å². The van der Waals surface area contributed by atoms with Crippen molar-refractivity contribution in [2.24, 2.45) is 0 Å². The van der Waals surface area contributed by atoms with E-state index in [0.29, 0.717) is 26.0 Å². The molecule has 0 aromatic rings. The Morgan fingerprint density at radius 3 is 2.48 bits per heavy atom. The smallest absolute Gasteiger partial charge is 0.249 e. The molecule has 164 valence electrons. The molecule has 2 atom stereocenters. The number of fused-ring (bicyclic) bond motifs is 1. The van der Waals surface area contributed by atoms with Crippen LogP contribution in [0.3, 0.4) is 0 Å². The van der Waals surface area contributed by atoms with E-state index in [4.69, 9.17) is 4.43 Å². The third-order valence-corrected chi connectivity index (χ3v) is 11.4. The number of carbonyl (C=O) groups is 2. The quantitative estimate of drug-likeness (QED) is 0.450. The molecule has 0 aromatic heterocycles. The topological polar surface area (TPSA) is 49.9 Å². The number of hydrogen-bond acceptors (Lipinski definition) is 3. The molecule has 2 rings (SSSR count). The lowest BCUT2D eigenvalue weighted by Crippen LogP contribution is -2.68. The van der Waals surface area contributed by atoms with Crippen LogP contribution in [-0.4, -0.2) is 61.7 Å². The van der Waals surface area contributed by atoms with E-state index in [9.17, 15) is 9.59 Å². The lowest BCUT2D eigenvalue weighted by molar-refractivity contribution is -0.165. The molecule has 2 amide bonds. The second kappa shape index (κ2) is 8.76. The molecule has 2 aliphatic heterocycles. The molecule has 0 spiro atoms. The summed E-state index contributed by atoms with van der Waals surface area (Å²) in [5.74, 6) is 0.171. The van der Waals surface area contributed by atoms with Crippen LogP contribution in [0.5, 0.6) is 0 Å². The first-order valence-electron chi connectivity index (χ1n) is 10.8. The van der Waals surface area contributed by atoms with Gasteiger partial charge < -0.3 is 14.2 Å². The molecule has 0 unspecified atom stereocenters.